The number of carbonyl (C=O) groups excluding carboxylic acids is 1. The van der Waals surface area contributed by atoms with E-state index in [1.165, 1.54) is 28.8 Å². The van der Waals surface area contributed by atoms with E-state index in [-0.39, 0.29) is 18.7 Å². The van der Waals surface area contributed by atoms with Crippen molar-refractivity contribution in [2.75, 3.05) is 10.0 Å². The molecule has 0 atom stereocenters. The van der Waals surface area contributed by atoms with Crippen LogP contribution in [0.3, 0.4) is 0 Å². The summed E-state index contributed by atoms with van der Waals surface area (Å²) in [6.07, 6.45) is -0.0802. The quantitative estimate of drug-likeness (QED) is 0.359. The van der Waals surface area contributed by atoms with Crippen LogP contribution in [-0.4, -0.2) is 23.9 Å². The summed E-state index contributed by atoms with van der Waals surface area (Å²) in [5, 5.41) is 2.94. The molecule has 180 valence electrons. The van der Waals surface area contributed by atoms with Crippen LogP contribution in [0.25, 0.3) is 10.9 Å². The number of hydrogen-bond donors (Lipinski definition) is 3. The second-order valence-electron chi connectivity index (χ2n) is 7.46. The molecule has 0 aliphatic rings. The summed E-state index contributed by atoms with van der Waals surface area (Å²) in [5.41, 5.74) is -0.332. The number of nitrogens with one attached hydrogen (secondary N) is 3. The third-order valence-electron chi connectivity index (χ3n) is 5.09. The Balaban J connectivity index is 1.42. The molecule has 0 radical (unpaired) electrons. The van der Waals surface area contributed by atoms with Gasteiger partial charge in [0, 0.05) is 24.3 Å². The summed E-state index contributed by atoms with van der Waals surface area (Å²) in [6, 6.07) is 14.9. The van der Waals surface area contributed by atoms with Gasteiger partial charge in [0.05, 0.1) is 10.9 Å². The molecule has 12 heteroatoms. The predicted octanol–water partition coefficient (Wildman–Crippen LogP) is 2.80. The van der Waals surface area contributed by atoms with Crippen LogP contribution in [0.2, 0.25) is 0 Å². The van der Waals surface area contributed by atoms with Gasteiger partial charge >= 0.3 is 5.69 Å². The van der Waals surface area contributed by atoms with Gasteiger partial charge < -0.3 is 5.32 Å². The normalized spacial score (nSPS) is 11.4. The summed E-state index contributed by atoms with van der Waals surface area (Å²) in [6.45, 7) is 0.0129. The standard InChI is InChI=1S/C23H18F2N4O5S/c24-17-5-3-7-19(21(17)25)35(33,34)28-15-10-8-14(9-11-15)26-20(30)12-13-29-18-6-2-1-4-16(18)22(31)27-23(29)32/h1-11,28H,12-13H2,(H,26,30)(H,27,31,32). The average molecular weight is 500 g/mol. The topological polar surface area (TPSA) is 130 Å². The fourth-order valence-electron chi connectivity index (χ4n) is 3.42. The van der Waals surface area contributed by atoms with Crippen LogP contribution < -0.4 is 21.3 Å². The molecule has 0 spiro atoms. The molecular formula is C23H18F2N4O5S. The number of benzene rings is 3. The Hall–Kier alpha value is -4.32. The Morgan fingerprint density at radius 1 is 0.914 bits per heavy atom. The number of anilines is 2. The van der Waals surface area contributed by atoms with Crippen molar-refractivity contribution in [3.8, 4) is 0 Å². The van der Waals surface area contributed by atoms with Gasteiger partial charge in [0.2, 0.25) is 5.91 Å². The molecule has 0 saturated carbocycles. The summed E-state index contributed by atoms with van der Waals surface area (Å²) in [7, 11) is -4.38. The van der Waals surface area contributed by atoms with Crippen LogP contribution in [-0.2, 0) is 21.4 Å². The minimum absolute atomic E-state index is 0.0129. The average Bonchev–Trinajstić information content (AvgIpc) is 2.81. The lowest BCUT2D eigenvalue weighted by molar-refractivity contribution is -0.116. The first kappa shape index (κ1) is 23.8. The number of para-hydroxylation sites is 1. The Morgan fingerprint density at radius 3 is 2.34 bits per heavy atom. The van der Waals surface area contributed by atoms with Crippen molar-refractivity contribution < 1.29 is 22.0 Å². The first-order valence-electron chi connectivity index (χ1n) is 10.2. The molecule has 4 rings (SSSR count). The number of hydrogen-bond acceptors (Lipinski definition) is 5. The Morgan fingerprint density at radius 2 is 1.60 bits per heavy atom. The molecule has 0 bridgehead atoms. The van der Waals surface area contributed by atoms with E-state index < -0.39 is 43.7 Å². The summed E-state index contributed by atoms with van der Waals surface area (Å²) < 4.78 is 55.4. The van der Waals surface area contributed by atoms with Gasteiger partial charge in [0.25, 0.3) is 15.6 Å². The van der Waals surface area contributed by atoms with Crippen LogP contribution in [0, 0.1) is 11.6 Å². The van der Waals surface area contributed by atoms with Crippen molar-refractivity contribution in [2.24, 2.45) is 0 Å². The fraction of sp³-hybridized carbons (Fsp3) is 0.0870. The van der Waals surface area contributed by atoms with Crippen LogP contribution in [0.15, 0.2) is 81.2 Å². The number of halogens is 2. The SMILES string of the molecule is O=C(CCn1c(=O)[nH]c(=O)c2ccccc21)Nc1ccc(NS(=O)(=O)c2cccc(F)c2F)cc1. The second-order valence-corrected chi connectivity index (χ2v) is 9.11. The van der Waals surface area contributed by atoms with Gasteiger partial charge in [-0.1, -0.05) is 18.2 Å². The lowest BCUT2D eigenvalue weighted by Gasteiger charge is -2.11. The highest BCUT2D eigenvalue weighted by Gasteiger charge is 2.21. The smallest absolute Gasteiger partial charge is 0.326 e. The largest absolute Gasteiger partial charge is 0.328 e. The summed E-state index contributed by atoms with van der Waals surface area (Å²) >= 11 is 0. The number of aromatic nitrogens is 2. The van der Waals surface area contributed by atoms with Crippen molar-refractivity contribution in [3.05, 3.63) is 99.2 Å². The van der Waals surface area contributed by atoms with E-state index in [0.29, 0.717) is 16.6 Å². The molecule has 1 aromatic heterocycles. The highest BCUT2D eigenvalue weighted by Crippen LogP contribution is 2.22. The van der Waals surface area contributed by atoms with Crippen LogP contribution in [0.5, 0.6) is 0 Å². The number of rotatable bonds is 7. The van der Waals surface area contributed by atoms with E-state index >= 15 is 0 Å². The third-order valence-corrected chi connectivity index (χ3v) is 6.49. The second kappa shape index (κ2) is 9.50. The number of H-pyrrole nitrogens is 1. The Kier molecular flexibility index (Phi) is 6.47. The Bertz CT molecular complexity index is 1650. The maximum Gasteiger partial charge on any atom is 0.328 e. The molecule has 0 aliphatic heterocycles. The van der Waals surface area contributed by atoms with Crippen LogP contribution >= 0.6 is 0 Å². The number of carbonyl (C=O) groups is 1. The first-order chi connectivity index (χ1) is 16.7. The lowest BCUT2D eigenvalue weighted by Crippen LogP contribution is -2.31. The van der Waals surface area contributed by atoms with E-state index in [9.17, 15) is 31.6 Å². The van der Waals surface area contributed by atoms with E-state index in [1.807, 2.05) is 0 Å². The minimum atomic E-state index is -4.38. The number of amides is 1. The molecular weight excluding hydrogens is 482 g/mol. The highest BCUT2D eigenvalue weighted by molar-refractivity contribution is 7.92. The first-order valence-corrected chi connectivity index (χ1v) is 11.7. The van der Waals surface area contributed by atoms with Gasteiger partial charge in [-0.25, -0.2) is 22.0 Å². The van der Waals surface area contributed by atoms with E-state index in [2.05, 4.69) is 15.0 Å². The van der Waals surface area contributed by atoms with Crippen molar-refractivity contribution >= 4 is 38.2 Å². The maximum atomic E-state index is 13.9. The van der Waals surface area contributed by atoms with Crippen molar-refractivity contribution in [2.45, 2.75) is 17.9 Å². The number of aryl methyl sites for hydroxylation is 1. The lowest BCUT2D eigenvalue weighted by atomic mass is 10.2. The van der Waals surface area contributed by atoms with Crippen molar-refractivity contribution in [1.82, 2.24) is 9.55 Å². The third kappa shape index (κ3) is 5.11. The number of nitrogens with zero attached hydrogens (tertiary/aromatic N) is 1. The number of aromatic amines is 1. The molecule has 0 unspecified atom stereocenters. The van der Waals surface area contributed by atoms with Gasteiger partial charge in [-0.3, -0.25) is 23.9 Å². The van der Waals surface area contributed by atoms with E-state index in [0.717, 1.165) is 18.2 Å². The van der Waals surface area contributed by atoms with Crippen molar-refractivity contribution in [1.29, 1.82) is 0 Å². The monoisotopic (exact) mass is 500 g/mol. The van der Waals surface area contributed by atoms with Gasteiger partial charge in [-0.05, 0) is 48.5 Å². The van der Waals surface area contributed by atoms with Gasteiger partial charge in [-0.2, -0.15) is 0 Å². The predicted molar refractivity (Wildman–Crippen MR) is 126 cm³/mol. The van der Waals surface area contributed by atoms with Crippen molar-refractivity contribution in [3.63, 3.8) is 0 Å². The number of sulfonamides is 1. The van der Waals surface area contributed by atoms with Gasteiger partial charge in [0.15, 0.2) is 11.6 Å². The molecule has 4 aromatic rings. The minimum Gasteiger partial charge on any atom is -0.326 e. The molecule has 3 N–H and O–H groups in total. The maximum absolute atomic E-state index is 13.9. The molecule has 0 aliphatic carbocycles. The molecule has 0 saturated heterocycles. The summed E-state index contributed by atoms with van der Waals surface area (Å²) in [5.74, 6) is -3.20. The zero-order chi connectivity index (χ0) is 25.2. The zero-order valence-electron chi connectivity index (χ0n) is 17.9. The molecule has 1 heterocycles. The molecule has 35 heavy (non-hydrogen) atoms. The fourth-order valence-corrected chi connectivity index (χ4v) is 4.57. The highest BCUT2D eigenvalue weighted by atomic mass is 32.2. The molecule has 9 nitrogen and oxygen atoms in total. The number of fused-ring (bicyclic) bond motifs is 1. The van der Waals surface area contributed by atoms with E-state index in [4.69, 9.17) is 0 Å². The molecule has 1 amide bonds. The molecule has 0 fully saturated rings. The van der Waals surface area contributed by atoms with Gasteiger partial charge in [-0.15, -0.1) is 0 Å². The van der Waals surface area contributed by atoms with Gasteiger partial charge in [0.1, 0.15) is 4.90 Å². The summed E-state index contributed by atoms with van der Waals surface area (Å²) in [4.78, 5) is 37.9. The van der Waals surface area contributed by atoms with Crippen LogP contribution in [0.1, 0.15) is 6.42 Å². The zero-order valence-corrected chi connectivity index (χ0v) is 18.7. The van der Waals surface area contributed by atoms with Crippen LogP contribution in [0.4, 0.5) is 20.2 Å². The molecule has 3 aromatic carbocycles. The van der Waals surface area contributed by atoms with E-state index in [1.54, 1.807) is 24.3 Å². The Labute approximate surface area is 197 Å².